The lowest BCUT2D eigenvalue weighted by molar-refractivity contribution is -0.132. The molecule has 0 spiro atoms. The molecule has 0 saturated carbocycles. The van der Waals surface area contributed by atoms with Crippen LogP contribution in [-0.2, 0) is 20.9 Å². The Kier molecular flexibility index (Phi) is 12.1. The van der Waals surface area contributed by atoms with Crippen molar-refractivity contribution < 1.29 is 23.9 Å². The van der Waals surface area contributed by atoms with Crippen LogP contribution in [0.15, 0.2) is 42.5 Å². The molecule has 1 aromatic carbocycles. The Morgan fingerprint density at radius 3 is 2.68 bits per heavy atom. The minimum Gasteiger partial charge on any atom is -0.445 e. The second-order valence-electron chi connectivity index (χ2n) is 10.4. The number of carbonyl (C=O) groups is 3. The molecule has 3 N–H and O–H groups in total. The minimum absolute atomic E-state index is 0.0154. The average molecular weight is 586 g/mol. The van der Waals surface area contributed by atoms with E-state index in [-0.39, 0.29) is 30.6 Å². The van der Waals surface area contributed by atoms with Gasteiger partial charge in [0.1, 0.15) is 17.6 Å². The molecule has 2 aliphatic rings. The number of hydrogen-bond acceptors (Lipinski definition) is 7. The fourth-order valence-electron chi connectivity index (χ4n) is 5.17. The molecule has 0 bridgehead atoms. The Morgan fingerprint density at radius 2 is 1.88 bits per heavy atom. The summed E-state index contributed by atoms with van der Waals surface area (Å²) in [5, 5.41) is 9.23. The molecule has 2 fully saturated rings. The molecule has 41 heavy (non-hydrogen) atoms. The smallest absolute Gasteiger partial charge is 0.407 e. The van der Waals surface area contributed by atoms with E-state index in [0.29, 0.717) is 55.6 Å². The quantitative estimate of drug-likeness (QED) is 0.233. The maximum absolute atomic E-state index is 13.1. The highest BCUT2D eigenvalue weighted by atomic mass is 35.5. The molecule has 1 aromatic heterocycles. The van der Waals surface area contributed by atoms with Gasteiger partial charge in [-0.15, -0.1) is 0 Å². The Balaban J connectivity index is 1.17. The highest BCUT2D eigenvalue weighted by molar-refractivity contribution is 6.29. The summed E-state index contributed by atoms with van der Waals surface area (Å²) in [4.78, 5) is 44.0. The van der Waals surface area contributed by atoms with Crippen LogP contribution < -0.4 is 16.0 Å². The van der Waals surface area contributed by atoms with E-state index >= 15 is 0 Å². The van der Waals surface area contributed by atoms with Crippen molar-refractivity contribution in [1.82, 2.24) is 20.5 Å². The van der Waals surface area contributed by atoms with E-state index in [1.807, 2.05) is 35.2 Å². The number of nitrogens with one attached hydrogen (secondary N) is 3. The van der Waals surface area contributed by atoms with Crippen molar-refractivity contribution in [2.75, 3.05) is 38.1 Å². The molecule has 2 aliphatic heterocycles. The van der Waals surface area contributed by atoms with Gasteiger partial charge in [0.2, 0.25) is 5.91 Å². The lowest BCUT2D eigenvalue weighted by Gasteiger charge is -2.25. The lowest BCUT2D eigenvalue weighted by atomic mass is 10.1. The molecule has 2 aromatic rings. The highest BCUT2D eigenvalue weighted by Crippen LogP contribution is 2.21. The van der Waals surface area contributed by atoms with Crippen LogP contribution >= 0.6 is 11.6 Å². The molecular weight excluding hydrogens is 546 g/mol. The largest absolute Gasteiger partial charge is 0.445 e. The zero-order valence-corrected chi connectivity index (χ0v) is 24.2. The Hall–Kier alpha value is -3.37. The molecule has 2 unspecified atom stereocenters. The molecule has 10 nitrogen and oxygen atoms in total. The third-order valence-corrected chi connectivity index (χ3v) is 7.59. The first-order valence-corrected chi connectivity index (χ1v) is 14.9. The minimum atomic E-state index is -0.504. The number of ether oxygens (including phenoxy) is 2. The van der Waals surface area contributed by atoms with Gasteiger partial charge in [0.25, 0.3) is 5.91 Å². The molecule has 4 rings (SSSR count). The summed E-state index contributed by atoms with van der Waals surface area (Å²) in [7, 11) is 0. The van der Waals surface area contributed by atoms with Crippen molar-refractivity contribution in [3.63, 3.8) is 0 Å². The number of pyridine rings is 1. The van der Waals surface area contributed by atoms with Gasteiger partial charge >= 0.3 is 6.09 Å². The molecular formula is C30H40ClN5O5. The summed E-state index contributed by atoms with van der Waals surface area (Å²) in [6, 6.07) is 12.6. The molecule has 2 atom stereocenters. The SMILES string of the molecule is O=C(NCCCC(=O)N1CCCC1CNC(=O)c1ccc(Cl)nc1NCCC1CCCCO1)OCc1ccccc1. The molecule has 222 valence electrons. The standard InChI is InChI=1S/C30H40ClN5O5/c31-26-14-13-25(28(35-26)32-17-15-24-11-4-5-19-40-24)29(38)34-20-23-10-7-18-36(23)27(37)12-6-16-33-30(39)41-21-22-8-2-1-3-9-22/h1-3,8-9,13-14,23-24H,4-7,10-12,15-21H2,(H,32,35)(H,33,39)(H,34,38). The van der Waals surface area contributed by atoms with E-state index in [4.69, 9.17) is 21.1 Å². The van der Waals surface area contributed by atoms with Crippen LogP contribution in [0.2, 0.25) is 5.15 Å². The zero-order valence-electron chi connectivity index (χ0n) is 23.4. The van der Waals surface area contributed by atoms with Crippen molar-refractivity contribution >= 4 is 35.3 Å². The predicted molar refractivity (Wildman–Crippen MR) is 157 cm³/mol. The van der Waals surface area contributed by atoms with Crippen LogP contribution in [-0.4, -0.2) is 72.7 Å². The average Bonchev–Trinajstić information content (AvgIpc) is 3.47. The van der Waals surface area contributed by atoms with Gasteiger partial charge < -0.3 is 30.3 Å². The fraction of sp³-hybridized carbons (Fsp3) is 0.533. The first-order valence-electron chi connectivity index (χ1n) is 14.5. The zero-order chi connectivity index (χ0) is 28.9. The summed E-state index contributed by atoms with van der Waals surface area (Å²) in [6.07, 6.45) is 6.41. The first-order chi connectivity index (χ1) is 20.0. The molecule has 0 aliphatic carbocycles. The molecule has 11 heteroatoms. The van der Waals surface area contributed by atoms with Gasteiger partial charge in [-0.25, -0.2) is 9.78 Å². The van der Waals surface area contributed by atoms with Crippen molar-refractivity contribution in [2.24, 2.45) is 0 Å². The number of likely N-dealkylation sites (tertiary alicyclic amines) is 1. The van der Waals surface area contributed by atoms with E-state index in [0.717, 1.165) is 44.3 Å². The molecule has 0 radical (unpaired) electrons. The number of benzene rings is 1. The van der Waals surface area contributed by atoms with Gasteiger partial charge in [0, 0.05) is 45.2 Å². The summed E-state index contributed by atoms with van der Waals surface area (Å²) in [5.74, 6) is 0.199. The first kappa shape index (κ1) is 30.6. The van der Waals surface area contributed by atoms with Crippen molar-refractivity contribution in [2.45, 2.75) is 70.1 Å². The number of amides is 3. The summed E-state index contributed by atoms with van der Waals surface area (Å²) >= 11 is 6.11. The van der Waals surface area contributed by atoms with Gasteiger partial charge in [0.15, 0.2) is 0 Å². The topological polar surface area (TPSA) is 122 Å². The van der Waals surface area contributed by atoms with Crippen molar-refractivity contribution in [1.29, 1.82) is 0 Å². The van der Waals surface area contributed by atoms with E-state index in [1.54, 1.807) is 12.1 Å². The monoisotopic (exact) mass is 585 g/mol. The fourth-order valence-corrected chi connectivity index (χ4v) is 5.32. The molecule has 2 saturated heterocycles. The second-order valence-corrected chi connectivity index (χ2v) is 10.8. The van der Waals surface area contributed by atoms with Crippen LogP contribution in [0.25, 0.3) is 0 Å². The third-order valence-electron chi connectivity index (χ3n) is 7.38. The Bertz CT molecular complexity index is 1150. The van der Waals surface area contributed by atoms with Gasteiger partial charge in [-0.3, -0.25) is 9.59 Å². The summed E-state index contributed by atoms with van der Waals surface area (Å²) < 4.78 is 11.0. The number of hydrogen-bond donors (Lipinski definition) is 3. The molecule has 3 amide bonds. The van der Waals surface area contributed by atoms with Crippen LogP contribution in [0.4, 0.5) is 10.6 Å². The van der Waals surface area contributed by atoms with E-state index in [1.165, 1.54) is 6.42 Å². The Morgan fingerprint density at radius 1 is 1.02 bits per heavy atom. The van der Waals surface area contributed by atoms with Crippen LogP contribution in [0.5, 0.6) is 0 Å². The lowest BCUT2D eigenvalue weighted by Crippen LogP contribution is -2.43. The Labute approximate surface area is 246 Å². The highest BCUT2D eigenvalue weighted by Gasteiger charge is 2.29. The summed E-state index contributed by atoms with van der Waals surface area (Å²) in [5.41, 5.74) is 1.33. The number of halogens is 1. The predicted octanol–water partition coefficient (Wildman–Crippen LogP) is 4.53. The van der Waals surface area contributed by atoms with Crippen molar-refractivity contribution in [3.05, 3.63) is 58.7 Å². The normalized spacial score (nSPS) is 18.5. The van der Waals surface area contributed by atoms with Gasteiger partial charge in [-0.05, 0) is 62.6 Å². The number of anilines is 1. The van der Waals surface area contributed by atoms with E-state index < -0.39 is 6.09 Å². The second kappa shape index (κ2) is 16.2. The maximum Gasteiger partial charge on any atom is 0.407 e. The number of carbonyl (C=O) groups excluding carboxylic acids is 3. The molecule has 3 heterocycles. The van der Waals surface area contributed by atoms with Gasteiger partial charge in [0.05, 0.1) is 11.7 Å². The van der Waals surface area contributed by atoms with Gasteiger partial charge in [-0.2, -0.15) is 0 Å². The maximum atomic E-state index is 13.1. The van der Waals surface area contributed by atoms with E-state index in [2.05, 4.69) is 20.9 Å². The number of nitrogens with zero attached hydrogens (tertiary/aromatic N) is 2. The van der Waals surface area contributed by atoms with Crippen molar-refractivity contribution in [3.8, 4) is 0 Å². The third kappa shape index (κ3) is 9.89. The van der Waals surface area contributed by atoms with E-state index in [9.17, 15) is 14.4 Å². The van der Waals surface area contributed by atoms with Crippen LogP contribution in [0.1, 0.15) is 67.3 Å². The number of alkyl carbamates (subject to hydrolysis) is 1. The van der Waals surface area contributed by atoms with Crippen LogP contribution in [0, 0.1) is 0 Å². The summed E-state index contributed by atoms with van der Waals surface area (Å²) in [6.45, 7) is 2.99. The van der Waals surface area contributed by atoms with Crippen LogP contribution in [0.3, 0.4) is 0 Å². The number of aromatic nitrogens is 1. The van der Waals surface area contributed by atoms with Gasteiger partial charge in [-0.1, -0.05) is 41.9 Å². The number of rotatable bonds is 13.